The molecule has 1 N–H and O–H groups in total. The monoisotopic (exact) mass is 307 g/mol. The van der Waals surface area contributed by atoms with Crippen LogP contribution in [0.1, 0.15) is 23.9 Å². The first-order valence-electron chi connectivity index (χ1n) is 6.14. The first-order valence-corrected chi connectivity index (χ1v) is 6.93. The molecule has 3 nitrogen and oxygen atoms in total. The summed E-state index contributed by atoms with van der Waals surface area (Å²) in [6, 6.07) is 8.42. The third-order valence-corrected chi connectivity index (χ3v) is 4.00. The number of nitrogens with one attached hydrogen (secondary N) is 1. The van der Waals surface area contributed by atoms with Crippen LogP contribution in [0.3, 0.4) is 0 Å². The molecule has 1 aromatic heterocycles. The minimum Gasteiger partial charge on any atom is -0.379 e. The predicted octanol–water partition coefficient (Wildman–Crippen LogP) is 3.89. The second-order valence-corrected chi connectivity index (χ2v) is 5.17. The maximum atomic E-state index is 4.48. The lowest BCUT2D eigenvalue weighted by Crippen LogP contribution is -2.08. The van der Waals surface area contributed by atoms with Gasteiger partial charge in [0.1, 0.15) is 0 Å². The molecule has 0 radical (unpaired) electrons. The van der Waals surface area contributed by atoms with Crippen LogP contribution in [0.5, 0.6) is 0 Å². The summed E-state index contributed by atoms with van der Waals surface area (Å²) in [7, 11) is 0. The summed E-state index contributed by atoms with van der Waals surface area (Å²) in [5.41, 5.74) is 4.64. The van der Waals surface area contributed by atoms with Gasteiger partial charge in [-0.25, -0.2) is 0 Å². The topological polar surface area (TPSA) is 29.9 Å². The van der Waals surface area contributed by atoms with Crippen molar-refractivity contribution in [2.75, 3.05) is 5.32 Å². The lowest BCUT2D eigenvalue weighted by Gasteiger charge is -2.09. The number of halogens is 1. The third-order valence-electron chi connectivity index (χ3n) is 2.96. The fourth-order valence-electron chi connectivity index (χ4n) is 1.90. The smallest absolute Gasteiger partial charge is 0.0739 e. The maximum Gasteiger partial charge on any atom is 0.0739 e. The van der Waals surface area contributed by atoms with Crippen molar-refractivity contribution < 1.29 is 0 Å². The SMILES string of the molecule is CCn1nc(C)c(Br)c1CNc1ccc(C)cc1. The van der Waals surface area contributed by atoms with Gasteiger partial charge in [-0.2, -0.15) is 5.10 Å². The van der Waals surface area contributed by atoms with Crippen LogP contribution < -0.4 is 5.32 Å². The maximum absolute atomic E-state index is 4.48. The Morgan fingerprint density at radius 1 is 1.22 bits per heavy atom. The molecule has 1 heterocycles. The van der Waals surface area contributed by atoms with E-state index in [2.05, 4.69) is 64.5 Å². The molecular weight excluding hydrogens is 290 g/mol. The Kier molecular flexibility index (Phi) is 4.07. The molecule has 0 saturated carbocycles. The molecule has 0 fully saturated rings. The van der Waals surface area contributed by atoms with E-state index in [0.717, 1.165) is 28.9 Å². The van der Waals surface area contributed by atoms with Gasteiger partial charge in [0.2, 0.25) is 0 Å². The minimum absolute atomic E-state index is 0.776. The Balaban J connectivity index is 2.12. The van der Waals surface area contributed by atoms with Gasteiger partial charge in [-0.05, 0) is 48.8 Å². The number of aromatic nitrogens is 2. The van der Waals surface area contributed by atoms with Gasteiger partial charge in [0.25, 0.3) is 0 Å². The highest BCUT2D eigenvalue weighted by Crippen LogP contribution is 2.22. The molecule has 2 aromatic rings. The number of benzene rings is 1. The van der Waals surface area contributed by atoms with Gasteiger partial charge in [-0.15, -0.1) is 0 Å². The van der Waals surface area contributed by atoms with E-state index in [1.165, 1.54) is 11.3 Å². The Labute approximate surface area is 116 Å². The van der Waals surface area contributed by atoms with E-state index < -0.39 is 0 Å². The van der Waals surface area contributed by atoms with Crippen LogP contribution in [0, 0.1) is 13.8 Å². The standard InChI is InChI=1S/C14H18BrN3/c1-4-18-13(14(15)11(3)17-18)9-16-12-7-5-10(2)6-8-12/h5-8,16H,4,9H2,1-3H3. The number of hydrogen-bond acceptors (Lipinski definition) is 2. The molecule has 2 rings (SSSR count). The highest BCUT2D eigenvalue weighted by atomic mass is 79.9. The average Bonchev–Trinajstić information content (AvgIpc) is 2.65. The average molecular weight is 308 g/mol. The van der Waals surface area contributed by atoms with Gasteiger partial charge in [0.15, 0.2) is 0 Å². The summed E-state index contributed by atoms with van der Waals surface area (Å²) in [5, 5.41) is 7.91. The van der Waals surface area contributed by atoms with Crippen molar-refractivity contribution in [1.29, 1.82) is 0 Å². The highest BCUT2D eigenvalue weighted by molar-refractivity contribution is 9.10. The minimum atomic E-state index is 0.776. The van der Waals surface area contributed by atoms with E-state index in [-0.39, 0.29) is 0 Å². The molecule has 0 atom stereocenters. The van der Waals surface area contributed by atoms with Crippen LogP contribution in [-0.4, -0.2) is 9.78 Å². The summed E-state index contributed by atoms with van der Waals surface area (Å²) < 4.78 is 3.13. The van der Waals surface area contributed by atoms with Crippen molar-refractivity contribution in [3.05, 3.63) is 45.7 Å². The van der Waals surface area contributed by atoms with Gasteiger partial charge >= 0.3 is 0 Å². The molecule has 0 unspecified atom stereocenters. The molecule has 0 aliphatic heterocycles. The first kappa shape index (κ1) is 13.1. The van der Waals surface area contributed by atoms with Crippen LogP contribution in [0.25, 0.3) is 0 Å². The number of anilines is 1. The molecule has 1 aromatic carbocycles. The molecular formula is C14H18BrN3. The second-order valence-electron chi connectivity index (χ2n) is 4.38. The van der Waals surface area contributed by atoms with E-state index in [4.69, 9.17) is 0 Å². The lowest BCUT2D eigenvalue weighted by atomic mass is 10.2. The molecule has 96 valence electrons. The Hall–Kier alpha value is -1.29. The number of nitrogens with zero attached hydrogens (tertiary/aromatic N) is 2. The van der Waals surface area contributed by atoms with Crippen LogP contribution in [0.4, 0.5) is 5.69 Å². The molecule has 0 spiro atoms. The van der Waals surface area contributed by atoms with Crippen molar-refractivity contribution in [3.63, 3.8) is 0 Å². The summed E-state index contributed by atoms with van der Waals surface area (Å²) in [5.74, 6) is 0. The molecule has 0 aliphatic rings. The van der Waals surface area contributed by atoms with Gasteiger partial charge in [0.05, 0.1) is 22.4 Å². The van der Waals surface area contributed by atoms with Crippen molar-refractivity contribution in [3.8, 4) is 0 Å². The zero-order valence-corrected chi connectivity index (χ0v) is 12.6. The summed E-state index contributed by atoms with van der Waals surface area (Å²) in [4.78, 5) is 0. The number of aryl methyl sites for hydroxylation is 3. The number of hydrogen-bond donors (Lipinski definition) is 1. The van der Waals surface area contributed by atoms with E-state index in [1.54, 1.807) is 0 Å². The largest absolute Gasteiger partial charge is 0.379 e. The Bertz CT molecular complexity index is 529. The Morgan fingerprint density at radius 2 is 1.89 bits per heavy atom. The van der Waals surface area contributed by atoms with Crippen molar-refractivity contribution >= 4 is 21.6 Å². The van der Waals surface area contributed by atoms with Crippen LogP contribution >= 0.6 is 15.9 Å². The second kappa shape index (κ2) is 5.57. The predicted molar refractivity (Wildman–Crippen MR) is 78.8 cm³/mol. The normalized spacial score (nSPS) is 10.7. The number of rotatable bonds is 4. The van der Waals surface area contributed by atoms with E-state index in [0.29, 0.717) is 0 Å². The van der Waals surface area contributed by atoms with Crippen molar-refractivity contribution in [1.82, 2.24) is 9.78 Å². The zero-order chi connectivity index (χ0) is 13.1. The third kappa shape index (κ3) is 2.75. The molecule has 4 heteroatoms. The van der Waals surface area contributed by atoms with Crippen molar-refractivity contribution in [2.24, 2.45) is 0 Å². The van der Waals surface area contributed by atoms with E-state index in [9.17, 15) is 0 Å². The first-order chi connectivity index (χ1) is 8.61. The molecule has 0 bridgehead atoms. The molecule has 18 heavy (non-hydrogen) atoms. The van der Waals surface area contributed by atoms with Gasteiger partial charge in [0, 0.05) is 12.2 Å². The van der Waals surface area contributed by atoms with E-state index >= 15 is 0 Å². The van der Waals surface area contributed by atoms with Crippen LogP contribution in [-0.2, 0) is 13.1 Å². The van der Waals surface area contributed by atoms with Gasteiger partial charge in [-0.1, -0.05) is 17.7 Å². The lowest BCUT2D eigenvalue weighted by molar-refractivity contribution is 0.622. The fraction of sp³-hybridized carbons (Fsp3) is 0.357. The molecule has 0 amide bonds. The molecule has 0 aliphatic carbocycles. The van der Waals surface area contributed by atoms with E-state index in [1.807, 2.05) is 11.6 Å². The summed E-state index contributed by atoms with van der Waals surface area (Å²) in [6.07, 6.45) is 0. The molecule has 0 saturated heterocycles. The van der Waals surface area contributed by atoms with Gasteiger partial charge < -0.3 is 5.32 Å². The summed E-state index contributed by atoms with van der Waals surface area (Å²) in [6.45, 7) is 7.88. The van der Waals surface area contributed by atoms with Crippen LogP contribution in [0.15, 0.2) is 28.7 Å². The van der Waals surface area contributed by atoms with Crippen LogP contribution in [0.2, 0.25) is 0 Å². The quantitative estimate of drug-likeness (QED) is 0.928. The Morgan fingerprint density at radius 3 is 2.50 bits per heavy atom. The highest BCUT2D eigenvalue weighted by Gasteiger charge is 2.11. The fourth-order valence-corrected chi connectivity index (χ4v) is 2.32. The zero-order valence-electron chi connectivity index (χ0n) is 11.0. The van der Waals surface area contributed by atoms with Gasteiger partial charge in [-0.3, -0.25) is 4.68 Å². The van der Waals surface area contributed by atoms with Crippen molar-refractivity contribution in [2.45, 2.75) is 33.9 Å². The summed E-state index contributed by atoms with van der Waals surface area (Å²) >= 11 is 3.60.